The van der Waals surface area contributed by atoms with E-state index < -0.39 is 0 Å². The maximum Gasteiger partial charge on any atom is 0.323 e. The van der Waals surface area contributed by atoms with Gasteiger partial charge >= 0.3 is 6.03 Å². The highest BCUT2D eigenvalue weighted by molar-refractivity contribution is 9.10. The van der Waals surface area contributed by atoms with E-state index in [1.54, 1.807) is 18.2 Å². The maximum absolute atomic E-state index is 11.8. The second-order valence-corrected chi connectivity index (χ2v) is 5.04. The minimum atomic E-state index is -0.297. The SMILES string of the molecule is Cc1ccc(NC(=O)Nc2ccc(N)cc2Br)cc1. The third-order valence-electron chi connectivity index (χ3n) is 2.55. The van der Waals surface area contributed by atoms with Gasteiger partial charge in [0.15, 0.2) is 0 Å². The van der Waals surface area contributed by atoms with E-state index in [2.05, 4.69) is 26.6 Å². The van der Waals surface area contributed by atoms with Crippen LogP contribution in [0.1, 0.15) is 5.56 Å². The van der Waals surface area contributed by atoms with E-state index in [9.17, 15) is 4.79 Å². The van der Waals surface area contributed by atoms with Crippen LogP contribution in [0, 0.1) is 6.92 Å². The Bertz CT molecular complexity index is 596. The maximum atomic E-state index is 11.8. The third kappa shape index (κ3) is 3.72. The van der Waals surface area contributed by atoms with E-state index in [0.717, 1.165) is 15.7 Å². The number of benzene rings is 2. The van der Waals surface area contributed by atoms with Crippen LogP contribution in [0.3, 0.4) is 0 Å². The molecule has 5 heteroatoms. The Balaban J connectivity index is 2.03. The summed E-state index contributed by atoms with van der Waals surface area (Å²) in [5, 5.41) is 5.51. The molecule has 0 aliphatic carbocycles. The summed E-state index contributed by atoms with van der Waals surface area (Å²) in [5.41, 5.74) is 8.83. The Morgan fingerprint density at radius 2 is 1.79 bits per heavy atom. The fourth-order valence-corrected chi connectivity index (χ4v) is 2.05. The Labute approximate surface area is 120 Å². The second kappa shape index (κ2) is 5.75. The number of urea groups is 1. The van der Waals surface area contributed by atoms with Gasteiger partial charge in [0.25, 0.3) is 0 Å². The fourth-order valence-electron chi connectivity index (χ4n) is 1.55. The average molecular weight is 320 g/mol. The van der Waals surface area contributed by atoms with Crippen LogP contribution >= 0.6 is 15.9 Å². The average Bonchev–Trinajstić information content (AvgIpc) is 2.36. The topological polar surface area (TPSA) is 67.2 Å². The number of carbonyl (C=O) groups excluding carboxylic acids is 1. The van der Waals surface area contributed by atoms with Crippen molar-refractivity contribution in [2.75, 3.05) is 16.4 Å². The van der Waals surface area contributed by atoms with Gasteiger partial charge in [-0.05, 0) is 53.2 Å². The highest BCUT2D eigenvalue weighted by Crippen LogP contribution is 2.24. The lowest BCUT2D eigenvalue weighted by atomic mass is 10.2. The highest BCUT2D eigenvalue weighted by atomic mass is 79.9. The monoisotopic (exact) mass is 319 g/mol. The van der Waals surface area contributed by atoms with E-state index in [0.29, 0.717) is 11.4 Å². The van der Waals surface area contributed by atoms with Crippen molar-refractivity contribution in [3.8, 4) is 0 Å². The molecule has 0 saturated heterocycles. The van der Waals surface area contributed by atoms with Crippen molar-refractivity contribution in [2.24, 2.45) is 0 Å². The van der Waals surface area contributed by atoms with Crippen LogP contribution in [-0.2, 0) is 0 Å². The quantitative estimate of drug-likeness (QED) is 0.733. The number of carbonyl (C=O) groups is 1. The number of nitrogen functional groups attached to an aromatic ring is 1. The molecule has 2 aromatic carbocycles. The predicted octanol–water partition coefficient (Wildman–Crippen LogP) is 3.98. The Hall–Kier alpha value is -2.01. The van der Waals surface area contributed by atoms with E-state index in [4.69, 9.17) is 5.73 Å². The zero-order chi connectivity index (χ0) is 13.8. The summed E-state index contributed by atoms with van der Waals surface area (Å²) in [6.07, 6.45) is 0. The molecule has 2 rings (SSSR count). The molecule has 0 heterocycles. The molecule has 0 aliphatic heterocycles. The van der Waals surface area contributed by atoms with Gasteiger partial charge in [-0.2, -0.15) is 0 Å². The van der Waals surface area contributed by atoms with Crippen LogP contribution in [0.25, 0.3) is 0 Å². The Kier molecular flexibility index (Phi) is 4.06. The molecule has 0 unspecified atom stereocenters. The van der Waals surface area contributed by atoms with Gasteiger partial charge in [-0.3, -0.25) is 0 Å². The molecule has 0 fully saturated rings. The molecule has 98 valence electrons. The largest absolute Gasteiger partial charge is 0.399 e. The summed E-state index contributed by atoms with van der Waals surface area (Å²) in [6, 6.07) is 12.5. The molecule has 0 spiro atoms. The van der Waals surface area contributed by atoms with Crippen LogP contribution in [-0.4, -0.2) is 6.03 Å². The molecule has 2 aromatic rings. The van der Waals surface area contributed by atoms with Gasteiger partial charge < -0.3 is 16.4 Å². The summed E-state index contributed by atoms with van der Waals surface area (Å²) in [4.78, 5) is 11.8. The molecule has 0 aromatic heterocycles. The lowest BCUT2D eigenvalue weighted by Gasteiger charge is -2.09. The first-order chi connectivity index (χ1) is 9.04. The second-order valence-electron chi connectivity index (χ2n) is 4.18. The molecule has 0 atom stereocenters. The van der Waals surface area contributed by atoms with Gasteiger partial charge in [-0.15, -0.1) is 0 Å². The number of nitrogens with one attached hydrogen (secondary N) is 2. The first-order valence-corrected chi connectivity index (χ1v) is 6.53. The number of hydrogen-bond acceptors (Lipinski definition) is 2. The third-order valence-corrected chi connectivity index (χ3v) is 3.21. The van der Waals surface area contributed by atoms with Crippen molar-refractivity contribution in [2.45, 2.75) is 6.92 Å². The van der Waals surface area contributed by atoms with Crippen LogP contribution in [0.2, 0.25) is 0 Å². The highest BCUT2D eigenvalue weighted by Gasteiger charge is 2.05. The summed E-state index contributed by atoms with van der Waals surface area (Å²) in [6.45, 7) is 2.00. The molecular formula is C14H14BrN3O. The van der Waals surface area contributed by atoms with Gasteiger partial charge in [0.05, 0.1) is 5.69 Å². The van der Waals surface area contributed by atoms with E-state index in [-0.39, 0.29) is 6.03 Å². The predicted molar refractivity (Wildman–Crippen MR) is 82.4 cm³/mol. The van der Waals surface area contributed by atoms with Crippen LogP contribution in [0.5, 0.6) is 0 Å². The van der Waals surface area contributed by atoms with Crippen molar-refractivity contribution in [1.82, 2.24) is 0 Å². The van der Waals surface area contributed by atoms with Gasteiger partial charge in [0.2, 0.25) is 0 Å². The molecular weight excluding hydrogens is 306 g/mol. The summed E-state index contributed by atoms with van der Waals surface area (Å²) in [7, 11) is 0. The minimum absolute atomic E-state index is 0.297. The summed E-state index contributed by atoms with van der Waals surface area (Å²) < 4.78 is 0.742. The van der Waals surface area contributed by atoms with Crippen molar-refractivity contribution >= 4 is 39.0 Å². The number of nitrogens with two attached hydrogens (primary N) is 1. The van der Waals surface area contributed by atoms with Crippen LogP contribution in [0.15, 0.2) is 46.9 Å². The van der Waals surface area contributed by atoms with Gasteiger partial charge in [-0.25, -0.2) is 4.79 Å². The molecule has 4 nitrogen and oxygen atoms in total. The van der Waals surface area contributed by atoms with E-state index >= 15 is 0 Å². The van der Waals surface area contributed by atoms with Crippen molar-refractivity contribution in [3.63, 3.8) is 0 Å². The standard InChI is InChI=1S/C14H14BrN3O/c1-9-2-5-11(6-3-9)17-14(19)18-13-7-4-10(16)8-12(13)15/h2-8H,16H2,1H3,(H2,17,18,19). The zero-order valence-corrected chi connectivity index (χ0v) is 12.0. The van der Waals surface area contributed by atoms with Gasteiger partial charge in [0.1, 0.15) is 0 Å². The van der Waals surface area contributed by atoms with Crippen LogP contribution < -0.4 is 16.4 Å². The van der Waals surface area contributed by atoms with Crippen LogP contribution in [0.4, 0.5) is 21.9 Å². The molecule has 2 amide bonds. The van der Waals surface area contributed by atoms with E-state index in [1.165, 1.54) is 0 Å². The number of rotatable bonds is 2. The normalized spacial score (nSPS) is 10.0. The number of anilines is 3. The zero-order valence-electron chi connectivity index (χ0n) is 10.4. The summed E-state index contributed by atoms with van der Waals surface area (Å²) in [5.74, 6) is 0. The fraction of sp³-hybridized carbons (Fsp3) is 0.0714. The first-order valence-electron chi connectivity index (χ1n) is 5.74. The van der Waals surface area contributed by atoms with Crippen molar-refractivity contribution < 1.29 is 4.79 Å². The molecule has 0 saturated carbocycles. The molecule has 4 N–H and O–H groups in total. The molecule has 0 radical (unpaired) electrons. The number of amides is 2. The molecule has 0 bridgehead atoms. The summed E-state index contributed by atoms with van der Waals surface area (Å²) >= 11 is 3.35. The molecule has 19 heavy (non-hydrogen) atoms. The van der Waals surface area contributed by atoms with Gasteiger partial charge in [-0.1, -0.05) is 17.7 Å². The molecule has 0 aliphatic rings. The minimum Gasteiger partial charge on any atom is -0.399 e. The number of aryl methyl sites for hydroxylation is 1. The smallest absolute Gasteiger partial charge is 0.323 e. The lowest BCUT2D eigenvalue weighted by Crippen LogP contribution is -2.19. The van der Waals surface area contributed by atoms with Gasteiger partial charge in [0, 0.05) is 15.8 Å². The first kappa shape index (κ1) is 13.4. The van der Waals surface area contributed by atoms with Crippen molar-refractivity contribution in [3.05, 3.63) is 52.5 Å². The Morgan fingerprint density at radius 3 is 2.42 bits per heavy atom. The van der Waals surface area contributed by atoms with E-state index in [1.807, 2.05) is 31.2 Å². The lowest BCUT2D eigenvalue weighted by molar-refractivity contribution is 0.262. The number of halogens is 1. The number of hydrogen-bond donors (Lipinski definition) is 3. The van der Waals surface area contributed by atoms with Crippen molar-refractivity contribution in [1.29, 1.82) is 0 Å². The Morgan fingerprint density at radius 1 is 1.11 bits per heavy atom.